The van der Waals surface area contributed by atoms with E-state index in [9.17, 15) is 55.9 Å². The van der Waals surface area contributed by atoms with Crippen molar-refractivity contribution >= 4 is 5.91 Å². The number of aliphatic hydroxyl groups excluding tert-OH is 10. The molecule has 3 aliphatic rings. The number of aliphatic hydroxyl groups is 10. The fraction of sp³-hybridized carbons (Fsp3) is 0.950. The lowest BCUT2D eigenvalue weighted by atomic mass is 9.95. The molecule has 11 N–H and O–H groups in total. The molecular formula is C20H35NO16. The van der Waals surface area contributed by atoms with Gasteiger partial charge in [-0.1, -0.05) is 0 Å². The average Bonchev–Trinajstić information content (AvgIpc) is 2.86. The summed E-state index contributed by atoms with van der Waals surface area (Å²) in [5, 5.41) is 103. The van der Waals surface area contributed by atoms with E-state index >= 15 is 0 Å². The zero-order valence-corrected chi connectivity index (χ0v) is 19.7. The van der Waals surface area contributed by atoms with Crippen LogP contribution in [0.3, 0.4) is 0 Å². The second-order valence-electron chi connectivity index (χ2n) is 9.07. The quantitative estimate of drug-likeness (QED) is 0.135. The number of rotatable bonds is 8. The largest absolute Gasteiger partial charge is 0.394 e. The van der Waals surface area contributed by atoms with E-state index in [1.807, 2.05) is 0 Å². The second-order valence-corrected chi connectivity index (χ2v) is 9.07. The Kier molecular flexibility index (Phi) is 10.5. The van der Waals surface area contributed by atoms with Gasteiger partial charge in [0.2, 0.25) is 5.91 Å². The van der Waals surface area contributed by atoms with Crippen LogP contribution in [0.1, 0.15) is 6.92 Å². The summed E-state index contributed by atoms with van der Waals surface area (Å²) >= 11 is 0. The van der Waals surface area contributed by atoms with Crippen molar-refractivity contribution in [2.24, 2.45) is 0 Å². The highest BCUT2D eigenvalue weighted by atomic mass is 16.7. The number of hydrogen-bond donors (Lipinski definition) is 11. The second kappa shape index (κ2) is 12.8. The maximum atomic E-state index is 11.7. The summed E-state index contributed by atoms with van der Waals surface area (Å²) in [6, 6.07) is -1.42. The van der Waals surface area contributed by atoms with Gasteiger partial charge in [-0.2, -0.15) is 0 Å². The topological polar surface area (TPSA) is 278 Å². The summed E-state index contributed by atoms with van der Waals surface area (Å²) in [6.45, 7) is -1.25. The number of ether oxygens (including phenoxy) is 5. The summed E-state index contributed by atoms with van der Waals surface area (Å²) in [4.78, 5) is 11.7. The average molecular weight is 545 g/mol. The van der Waals surface area contributed by atoms with Gasteiger partial charge in [0, 0.05) is 6.92 Å². The molecule has 17 nitrogen and oxygen atoms in total. The van der Waals surface area contributed by atoms with E-state index < -0.39 is 118 Å². The maximum absolute atomic E-state index is 11.7. The molecule has 0 aliphatic carbocycles. The highest BCUT2D eigenvalue weighted by Gasteiger charge is 2.53. The summed E-state index contributed by atoms with van der Waals surface area (Å²) in [5.41, 5.74) is 0. The van der Waals surface area contributed by atoms with Crippen molar-refractivity contribution in [2.45, 2.75) is 99.0 Å². The predicted molar refractivity (Wildman–Crippen MR) is 113 cm³/mol. The van der Waals surface area contributed by atoms with Crippen molar-refractivity contribution in [1.82, 2.24) is 5.32 Å². The molecule has 0 bridgehead atoms. The third-order valence-electron chi connectivity index (χ3n) is 6.49. The van der Waals surface area contributed by atoms with E-state index in [0.29, 0.717) is 0 Å². The fourth-order valence-electron chi connectivity index (χ4n) is 4.46. The number of carbonyl (C=O) groups is 1. The molecule has 3 fully saturated rings. The van der Waals surface area contributed by atoms with Crippen LogP contribution in [0.2, 0.25) is 0 Å². The zero-order valence-electron chi connectivity index (χ0n) is 19.7. The van der Waals surface area contributed by atoms with Crippen molar-refractivity contribution in [3.05, 3.63) is 0 Å². The first-order valence-electron chi connectivity index (χ1n) is 11.6. The molecule has 0 saturated carbocycles. The van der Waals surface area contributed by atoms with Crippen LogP contribution in [0.5, 0.6) is 0 Å². The molecule has 1 amide bonds. The van der Waals surface area contributed by atoms with Gasteiger partial charge in [0.05, 0.1) is 19.8 Å². The summed E-state index contributed by atoms with van der Waals surface area (Å²) in [7, 11) is 0. The lowest BCUT2D eigenvalue weighted by Gasteiger charge is -2.48. The Morgan fingerprint density at radius 3 is 1.76 bits per heavy atom. The van der Waals surface area contributed by atoms with Crippen LogP contribution in [-0.2, 0) is 28.5 Å². The minimum atomic E-state index is -1.91. The SMILES string of the molecule is CC(=O)N[C@H]1[C@H](O[C@H]2[C@@H](O)[C@@H](CO)O[C@@H](O[C@H]3[C@H](O)[C@@H](O)C(O)O[C@@H]3CO)[C@@H]2O)O[C@H](CO)[C@H](O)[C@@H]1O. The number of amides is 1. The Hall–Kier alpha value is -1.13. The molecule has 15 atom stereocenters. The van der Waals surface area contributed by atoms with Gasteiger partial charge < -0.3 is 80.1 Å². The van der Waals surface area contributed by atoms with E-state index in [2.05, 4.69) is 5.32 Å². The highest BCUT2D eigenvalue weighted by molar-refractivity contribution is 5.73. The Morgan fingerprint density at radius 1 is 0.649 bits per heavy atom. The summed E-state index contributed by atoms with van der Waals surface area (Å²) < 4.78 is 27.0. The van der Waals surface area contributed by atoms with Crippen LogP contribution >= 0.6 is 0 Å². The van der Waals surface area contributed by atoms with Gasteiger partial charge in [0.15, 0.2) is 18.9 Å². The molecule has 17 heteroatoms. The highest BCUT2D eigenvalue weighted by Crippen LogP contribution is 2.32. The van der Waals surface area contributed by atoms with Crippen LogP contribution < -0.4 is 5.32 Å². The number of hydrogen-bond acceptors (Lipinski definition) is 16. The molecule has 3 saturated heterocycles. The Morgan fingerprint density at radius 2 is 1.19 bits per heavy atom. The Bertz CT molecular complexity index is 745. The van der Waals surface area contributed by atoms with Gasteiger partial charge >= 0.3 is 0 Å². The minimum Gasteiger partial charge on any atom is -0.394 e. The van der Waals surface area contributed by atoms with Crippen molar-refractivity contribution in [3.63, 3.8) is 0 Å². The third-order valence-corrected chi connectivity index (χ3v) is 6.49. The van der Waals surface area contributed by atoms with Crippen LogP contribution in [0.4, 0.5) is 0 Å². The minimum absolute atomic E-state index is 0.652. The van der Waals surface area contributed by atoms with Crippen molar-refractivity contribution in [1.29, 1.82) is 0 Å². The van der Waals surface area contributed by atoms with Gasteiger partial charge in [0.1, 0.15) is 73.2 Å². The van der Waals surface area contributed by atoms with Crippen LogP contribution in [0.15, 0.2) is 0 Å². The molecule has 3 aliphatic heterocycles. The normalized spacial score (nSPS) is 49.0. The van der Waals surface area contributed by atoms with Crippen LogP contribution in [0, 0.1) is 0 Å². The van der Waals surface area contributed by atoms with E-state index in [1.165, 1.54) is 0 Å². The zero-order chi connectivity index (χ0) is 27.6. The molecule has 0 radical (unpaired) electrons. The first kappa shape index (κ1) is 30.4. The van der Waals surface area contributed by atoms with E-state index in [1.54, 1.807) is 0 Å². The van der Waals surface area contributed by atoms with Gasteiger partial charge in [-0.05, 0) is 0 Å². The first-order valence-corrected chi connectivity index (χ1v) is 11.6. The van der Waals surface area contributed by atoms with Gasteiger partial charge in [-0.3, -0.25) is 4.79 Å². The standard InChI is InChI=1S/C20H35NO16/c1-5(25)21-9-12(28)10(26)6(2-22)34-19(9)37-17-11(27)7(3-23)35-20(15(17)31)36-16-8(4-24)33-18(32)14(30)13(16)29/h6-20,22-24,26-32H,2-4H2,1H3,(H,21,25)/t6-,7-,8-,9-,10+,11+,12-,13-,14-,15-,16-,17+,18?,19+,20+/m1/s1. The summed E-state index contributed by atoms with van der Waals surface area (Å²) in [5.74, 6) is -0.652. The lowest BCUT2D eigenvalue weighted by Crippen LogP contribution is -2.68. The molecular weight excluding hydrogens is 510 g/mol. The molecule has 216 valence electrons. The number of carbonyl (C=O) groups excluding carboxylic acids is 1. The monoisotopic (exact) mass is 545 g/mol. The van der Waals surface area contributed by atoms with Crippen molar-refractivity contribution in [3.8, 4) is 0 Å². The van der Waals surface area contributed by atoms with E-state index in [4.69, 9.17) is 23.7 Å². The molecule has 3 heterocycles. The van der Waals surface area contributed by atoms with Gasteiger partial charge in [0.25, 0.3) is 0 Å². The van der Waals surface area contributed by atoms with Crippen LogP contribution in [-0.4, -0.2) is 169 Å². The number of nitrogens with one attached hydrogen (secondary N) is 1. The molecule has 0 aromatic rings. The predicted octanol–water partition coefficient (Wildman–Crippen LogP) is -7.43. The first-order chi connectivity index (χ1) is 17.4. The van der Waals surface area contributed by atoms with Crippen molar-refractivity contribution in [2.75, 3.05) is 19.8 Å². The smallest absolute Gasteiger partial charge is 0.217 e. The maximum Gasteiger partial charge on any atom is 0.217 e. The molecule has 0 spiro atoms. The molecule has 0 aromatic carbocycles. The lowest BCUT2D eigenvalue weighted by molar-refractivity contribution is -0.373. The Balaban J connectivity index is 1.83. The van der Waals surface area contributed by atoms with E-state index in [-0.39, 0.29) is 0 Å². The fourth-order valence-corrected chi connectivity index (χ4v) is 4.46. The van der Waals surface area contributed by atoms with Crippen molar-refractivity contribution < 1.29 is 79.5 Å². The summed E-state index contributed by atoms with van der Waals surface area (Å²) in [6.07, 6.45) is -23.4. The van der Waals surface area contributed by atoms with E-state index in [0.717, 1.165) is 6.92 Å². The van der Waals surface area contributed by atoms with Crippen LogP contribution in [0.25, 0.3) is 0 Å². The Labute approximate surface area is 210 Å². The molecule has 3 rings (SSSR count). The molecule has 1 unspecified atom stereocenters. The third kappa shape index (κ3) is 6.38. The molecule has 0 aromatic heterocycles. The molecule has 37 heavy (non-hydrogen) atoms. The van der Waals surface area contributed by atoms with Gasteiger partial charge in [-0.15, -0.1) is 0 Å². The van der Waals surface area contributed by atoms with Gasteiger partial charge in [-0.25, -0.2) is 0 Å².